The number of hydrogen-bond acceptors (Lipinski definition) is 5. The number of allylic oxidation sites excluding steroid dienone is 1. The van der Waals surface area contributed by atoms with Crippen LogP contribution in [0.5, 0.6) is 0 Å². The summed E-state index contributed by atoms with van der Waals surface area (Å²) in [6, 6.07) is 0. The van der Waals surface area contributed by atoms with Crippen molar-refractivity contribution in [2.45, 2.75) is 175 Å². The van der Waals surface area contributed by atoms with Gasteiger partial charge in [-0.1, -0.05) is 58.6 Å². The first-order valence-corrected chi connectivity index (χ1v) is 19.2. The second kappa shape index (κ2) is 15.0. The molecule has 4 aliphatic rings. The van der Waals surface area contributed by atoms with Crippen LogP contribution in [0.1, 0.15) is 158 Å². The standard InChI is InChI=1S/C40H71N3O3/c1-28(2)11-9-10-12-29-14-16-33-32-15-13-30-27-31(19-21-40(30,8)34(32)20-22-39(29,33)7)46-36(45)18-17-35(44)43(25-23-37(3,4)41)26-24-38(5,6)42/h13,28-29,31-34H,9-12,14-27,41-42H2,1-8H3. The highest BCUT2D eigenvalue weighted by Crippen LogP contribution is 2.66. The average Bonchev–Trinajstić information content (AvgIpc) is 3.29. The number of nitrogens with two attached hydrogens (primary N) is 2. The Labute approximate surface area is 282 Å². The summed E-state index contributed by atoms with van der Waals surface area (Å²) in [5.41, 5.74) is 14.0. The summed E-state index contributed by atoms with van der Waals surface area (Å²) >= 11 is 0. The van der Waals surface area contributed by atoms with Gasteiger partial charge in [-0.05, 0) is 132 Å². The lowest BCUT2D eigenvalue weighted by atomic mass is 9.47. The Balaban J connectivity index is 1.29. The van der Waals surface area contributed by atoms with Crippen LogP contribution in [0.4, 0.5) is 0 Å². The summed E-state index contributed by atoms with van der Waals surface area (Å²) in [4.78, 5) is 28.0. The van der Waals surface area contributed by atoms with Crippen LogP contribution in [-0.4, -0.2) is 47.0 Å². The molecule has 0 aromatic carbocycles. The van der Waals surface area contributed by atoms with Crippen LogP contribution in [0.2, 0.25) is 0 Å². The zero-order chi connectivity index (χ0) is 33.9. The first-order chi connectivity index (χ1) is 21.4. The molecule has 4 N–H and O–H groups in total. The maximum absolute atomic E-state index is 13.2. The van der Waals surface area contributed by atoms with E-state index < -0.39 is 0 Å². The molecule has 6 heteroatoms. The molecular formula is C40H71N3O3. The number of carbonyl (C=O) groups excluding carboxylic acids is 2. The fraction of sp³-hybridized carbons (Fsp3) is 0.900. The van der Waals surface area contributed by atoms with E-state index in [0.717, 1.165) is 48.9 Å². The lowest BCUT2D eigenvalue weighted by molar-refractivity contribution is -0.153. The van der Waals surface area contributed by atoms with E-state index in [0.29, 0.717) is 31.3 Å². The van der Waals surface area contributed by atoms with Crippen molar-refractivity contribution < 1.29 is 14.3 Å². The van der Waals surface area contributed by atoms with Gasteiger partial charge in [-0.25, -0.2) is 0 Å². The quantitative estimate of drug-likeness (QED) is 0.106. The highest BCUT2D eigenvalue weighted by molar-refractivity contribution is 5.81. The predicted molar refractivity (Wildman–Crippen MR) is 190 cm³/mol. The number of rotatable bonds is 15. The monoisotopic (exact) mass is 642 g/mol. The molecular weight excluding hydrogens is 570 g/mol. The minimum atomic E-state index is -0.358. The molecule has 1 amide bonds. The molecule has 3 fully saturated rings. The SMILES string of the molecule is CC(C)CCCCC1CCC2C3CC=C4CC(OC(=O)CCC(=O)N(CCC(C)(C)N)CCC(C)(C)N)CCC4(C)C3CCC12C. The Morgan fingerprint density at radius 2 is 1.61 bits per heavy atom. The minimum Gasteiger partial charge on any atom is -0.462 e. The fourth-order valence-electron chi connectivity index (χ4n) is 10.1. The Morgan fingerprint density at radius 1 is 0.935 bits per heavy atom. The molecule has 0 heterocycles. The van der Waals surface area contributed by atoms with Crippen molar-refractivity contribution >= 4 is 11.9 Å². The molecule has 0 bridgehead atoms. The van der Waals surface area contributed by atoms with Gasteiger partial charge in [-0.3, -0.25) is 9.59 Å². The number of carbonyl (C=O) groups is 2. The van der Waals surface area contributed by atoms with E-state index in [1.807, 2.05) is 32.6 Å². The molecule has 4 aliphatic carbocycles. The molecule has 6 nitrogen and oxygen atoms in total. The first kappa shape index (κ1) is 37.4. The van der Waals surface area contributed by atoms with Gasteiger partial charge >= 0.3 is 5.97 Å². The number of amides is 1. The Bertz CT molecular complexity index is 1050. The van der Waals surface area contributed by atoms with Crippen molar-refractivity contribution in [3.05, 3.63) is 11.6 Å². The highest BCUT2D eigenvalue weighted by atomic mass is 16.5. The predicted octanol–water partition coefficient (Wildman–Crippen LogP) is 8.56. The number of nitrogens with zero attached hydrogens (tertiary/aromatic N) is 1. The van der Waals surface area contributed by atoms with E-state index in [-0.39, 0.29) is 47.3 Å². The molecule has 4 rings (SSSR count). The van der Waals surface area contributed by atoms with Crippen molar-refractivity contribution in [3.8, 4) is 0 Å². The number of ether oxygens (including phenoxy) is 1. The average molecular weight is 642 g/mol. The number of esters is 1. The molecule has 0 aliphatic heterocycles. The van der Waals surface area contributed by atoms with Crippen LogP contribution in [0.25, 0.3) is 0 Å². The lowest BCUT2D eigenvalue weighted by Crippen LogP contribution is -2.50. The fourth-order valence-corrected chi connectivity index (χ4v) is 10.1. The zero-order valence-electron chi connectivity index (χ0n) is 31.1. The third-order valence-corrected chi connectivity index (χ3v) is 13.1. The van der Waals surface area contributed by atoms with Gasteiger partial charge in [0.1, 0.15) is 6.10 Å². The van der Waals surface area contributed by atoms with Crippen molar-refractivity contribution in [2.24, 2.45) is 51.9 Å². The van der Waals surface area contributed by atoms with E-state index in [1.54, 1.807) is 5.57 Å². The van der Waals surface area contributed by atoms with Crippen molar-refractivity contribution in [3.63, 3.8) is 0 Å². The largest absolute Gasteiger partial charge is 0.462 e. The molecule has 7 unspecified atom stereocenters. The van der Waals surface area contributed by atoms with E-state index >= 15 is 0 Å². The highest BCUT2D eigenvalue weighted by Gasteiger charge is 2.58. The molecule has 46 heavy (non-hydrogen) atoms. The lowest BCUT2D eigenvalue weighted by Gasteiger charge is -2.58. The second-order valence-electron chi connectivity index (χ2n) is 18.5. The van der Waals surface area contributed by atoms with Gasteiger partial charge in [0, 0.05) is 37.0 Å². The summed E-state index contributed by atoms with van der Waals surface area (Å²) in [5.74, 6) is 3.93. The number of hydrogen-bond donors (Lipinski definition) is 2. The van der Waals surface area contributed by atoms with Crippen LogP contribution >= 0.6 is 0 Å². The zero-order valence-corrected chi connectivity index (χ0v) is 31.1. The molecule has 264 valence electrons. The maximum atomic E-state index is 13.2. The third kappa shape index (κ3) is 9.39. The summed E-state index contributed by atoms with van der Waals surface area (Å²) in [6.07, 6.45) is 19.5. The van der Waals surface area contributed by atoms with Crippen molar-refractivity contribution in [1.29, 1.82) is 0 Å². The molecule has 0 aromatic heterocycles. The van der Waals surface area contributed by atoms with Crippen LogP contribution in [0.15, 0.2) is 11.6 Å². The van der Waals surface area contributed by atoms with E-state index in [9.17, 15) is 9.59 Å². The van der Waals surface area contributed by atoms with Crippen molar-refractivity contribution in [2.75, 3.05) is 13.1 Å². The van der Waals surface area contributed by atoms with Crippen molar-refractivity contribution in [1.82, 2.24) is 4.90 Å². The smallest absolute Gasteiger partial charge is 0.306 e. The van der Waals surface area contributed by atoms with Gasteiger partial charge in [-0.2, -0.15) is 0 Å². The van der Waals surface area contributed by atoms with Gasteiger partial charge in [-0.15, -0.1) is 0 Å². The van der Waals surface area contributed by atoms with Crippen LogP contribution in [0, 0.1) is 40.4 Å². The summed E-state index contributed by atoms with van der Waals surface area (Å²) in [7, 11) is 0. The number of unbranched alkanes of at least 4 members (excludes halogenated alkanes) is 1. The molecule has 7 atom stereocenters. The van der Waals surface area contributed by atoms with Crippen LogP contribution in [-0.2, 0) is 14.3 Å². The molecule has 0 saturated heterocycles. The van der Waals surface area contributed by atoms with Gasteiger partial charge < -0.3 is 21.1 Å². The molecule has 0 radical (unpaired) electrons. The molecule has 3 saturated carbocycles. The second-order valence-corrected chi connectivity index (χ2v) is 18.5. The summed E-state index contributed by atoms with van der Waals surface area (Å²) in [6.45, 7) is 18.9. The van der Waals surface area contributed by atoms with Gasteiger partial charge in [0.2, 0.25) is 5.91 Å². The Hall–Kier alpha value is -1.40. The normalized spacial score (nSPS) is 32.8. The van der Waals surface area contributed by atoms with Crippen LogP contribution < -0.4 is 11.5 Å². The van der Waals surface area contributed by atoms with Gasteiger partial charge in [0.15, 0.2) is 0 Å². The molecule has 0 spiro atoms. The topological polar surface area (TPSA) is 98.7 Å². The summed E-state index contributed by atoms with van der Waals surface area (Å²) < 4.78 is 6.05. The summed E-state index contributed by atoms with van der Waals surface area (Å²) in [5, 5.41) is 0. The number of fused-ring (bicyclic) bond motifs is 5. The van der Waals surface area contributed by atoms with Gasteiger partial charge in [0.25, 0.3) is 0 Å². The first-order valence-electron chi connectivity index (χ1n) is 19.2. The van der Waals surface area contributed by atoms with E-state index in [1.165, 1.54) is 57.8 Å². The maximum Gasteiger partial charge on any atom is 0.306 e. The Morgan fingerprint density at radius 3 is 2.24 bits per heavy atom. The van der Waals surface area contributed by atoms with Gasteiger partial charge in [0.05, 0.1) is 6.42 Å². The Kier molecular flexibility index (Phi) is 12.2. The molecule has 0 aromatic rings. The third-order valence-electron chi connectivity index (χ3n) is 13.1. The minimum absolute atomic E-state index is 0.0169. The van der Waals surface area contributed by atoms with E-state index in [2.05, 4.69) is 33.8 Å². The van der Waals surface area contributed by atoms with Crippen LogP contribution in [0.3, 0.4) is 0 Å². The van der Waals surface area contributed by atoms with E-state index in [4.69, 9.17) is 16.2 Å².